The first-order chi connectivity index (χ1) is 11.1. The number of hydrogen-bond acceptors (Lipinski definition) is 5. The van der Waals surface area contributed by atoms with E-state index in [-0.39, 0.29) is 18.9 Å². The van der Waals surface area contributed by atoms with Crippen LogP contribution in [0.15, 0.2) is 41.8 Å². The number of rotatable bonds is 5. The summed E-state index contributed by atoms with van der Waals surface area (Å²) in [6.45, 7) is 0.0904. The van der Waals surface area contributed by atoms with Crippen LogP contribution >= 0.6 is 11.3 Å². The number of carbonyl (C=O) groups is 2. The van der Waals surface area contributed by atoms with Crippen molar-refractivity contribution in [3.05, 3.63) is 46.7 Å². The van der Waals surface area contributed by atoms with Crippen LogP contribution in [-0.4, -0.2) is 29.7 Å². The van der Waals surface area contributed by atoms with E-state index in [0.29, 0.717) is 11.5 Å². The van der Waals surface area contributed by atoms with Crippen LogP contribution in [0.3, 0.4) is 0 Å². The van der Waals surface area contributed by atoms with E-state index in [2.05, 4.69) is 5.32 Å². The Hall–Kier alpha value is -2.54. The van der Waals surface area contributed by atoms with Gasteiger partial charge in [-0.2, -0.15) is 0 Å². The fourth-order valence-electron chi connectivity index (χ4n) is 2.30. The van der Waals surface area contributed by atoms with Crippen molar-refractivity contribution in [2.75, 3.05) is 6.61 Å². The number of carboxylic acid groups (broad SMARTS) is 1. The van der Waals surface area contributed by atoms with Crippen molar-refractivity contribution in [1.29, 1.82) is 0 Å². The maximum Gasteiger partial charge on any atom is 0.305 e. The minimum absolute atomic E-state index is 0.0904. The molecule has 1 aromatic carbocycles. The van der Waals surface area contributed by atoms with Gasteiger partial charge >= 0.3 is 5.97 Å². The molecule has 0 fully saturated rings. The number of hydrogen-bond donors (Lipinski definition) is 2. The summed E-state index contributed by atoms with van der Waals surface area (Å²) in [4.78, 5) is 24.2. The predicted molar refractivity (Wildman–Crippen MR) is 83.8 cm³/mol. The number of nitrogens with one attached hydrogen (secondary N) is 1. The number of benzene rings is 1. The first-order valence-corrected chi connectivity index (χ1v) is 7.95. The van der Waals surface area contributed by atoms with Gasteiger partial charge in [-0.05, 0) is 23.6 Å². The molecule has 1 amide bonds. The summed E-state index contributed by atoms with van der Waals surface area (Å²) in [7, 11) is 0. The normalized spacial score (nSPS) is 17.3. The number of thiophene rings is 1. The largest absolute Gasteiger partial charge is 0.485 e. The average Bonchev–Trinajstić information content (AvgIpc) is 3.07. The number of amides is 1. The summed E-state index contributed by atoms with van der Waals surface area (Å²) in [5, 5.41) is 13.6. The molecule has 3 rings (SSSR count). The van der Waals surface area contributed by atoms with Crippen LogP contribution in [0.5, 0.6) is 11.5 Å². The highest BCUT2D eigenvalue weighted by Crippen LogP contribution is 2.31. The summed E-state index contributed by atoms with van der Waals surface area (Å²) in [5.41, 5.74) is 0. The van der Waals surface area contributed by atoms with Crippen LogP contribution in [0.2, 0.25) is 0 Å². The molecule has 0 saturated heterocycles. The fourth-order valence-corrected chi connectivity index (χ4v) is 3.08. The van der Waals surface area contributed by atoms with Gasteiger partial charge in [-0.15, -0.1) is 11.3 Å². The SMILES string of the molecule is O=C(O)C[C@H](NC(=O)[C@H]1COc2ccccc2O1)c1cccs1. The Labute approximate surface area is 136 Å². The van der Waals surface area contributed by atoms with E-state index in [4.69, 9.17) is 14.6 Å². The third-order valence-corrected chi connectivity index (χ3v) is 4.37. The molecule has 0 aliphatic carbocycles. The number of carboxylic acids is 1. The Kier molecular flexibility index (Phi) is 4.47. The van der Waals surface area contributed by atoms with Crippen molar-refractivity contribution in [3.8, 4) is 11.5 Å². The summed E-state index contributed by atoms with van der Waals surface area (Å²) in [6, 6.07) is 10.1. The van der Waals surface area contributed by atoms with Crippen molar-refractivity contribution in [3.63, 3.8) is 0 Å². The van der Waals surface area contributed by atoms with E-state index in [1.807, 2.05) is 17.5 Å². The van der Waals surface area contributed by atoms with Gasteiger partial charge in [0.25, 0.3) is 5.91 Å². The van der Waals surface area contributed by atoms with E-state index in [9.17, 15) is 9.59 Å². The topological polar surface area (TPSA) is 84.9 Å². The highest BCUT2D eigenvalue weighted by Gasteiger charge is 2.30. The second kappa shape index (κ2) is 6.70. The van der Waals surface area contributed by atoms with Gasteiger partial charge in [0.1, 0.15) is 6.61 Å². The maximum atomic E-state index is 12.4. The molecular formula is C16H15NO5S. The van der Waals surface area contributed by atoms with Gasteiger partial charge in [-0.1, -0.05) is 18.2 Å². The zero-order valence-electron chi connectivity index (χ0n) is 12.1. The molecule has 7 heteroatoms. The molecule has 0 unspecified atom stereocenters. The van der Waals surface area contributed by atoms with E-state index in [1.54, 1.807) is 24.3 Å². The third kappa shape index (κ3) is 3.62. The van der Waals surface area contributed by atoms with Gasteiger partial charge in [0.05, 0.1) is 12.5 Å². The number of para-hydroxylation sites is 2. The van der Waals surface area contributed by atoms with Gasteiger partial charge in [0.15, 0.2) is 11.5 Å². The lowest BCUT2D eigenvalue weighted by atomic mass is 10.1. The van der Waals surface area contributed by atoms with Crippen molar-refractivity contribution in [1.82, 2.24) is 5.32 Å². The lowest BCUT2D eigenvalue weighted by Gasteiger charge is -2.27. The van der Waals surface area contributed by atoms with Crippen LogP contribution in [-0.2, 0) is 9.59 Å². The number of ether oxygens (including phenoxy) is 2. The van der Waals surface area contributed by atoms with Gasteiger partial charge in [0, 0.05) is 4.88 Å². The van der Waals surface area contributed by atoms with Gasteiger partial charge in [-0.25, -0.2) is 0 Å². The molecule has 0 spiro atoms. The first-order valence-electron chi connectivity index (χ1n) is 7.07. The molecule has 120 valence electrons. The zero-order valence-corrected chi connectivity index (χ0v) is 12.9. The second-order valence-corrected chi connectivity index (χ2v) is 6.02. The van der Waals surface area contributed by atoms with E-state index in [0.717, 1.165) is 4.88 Å². The third-order valence-electron chi connectivity index (χ3n) is 3.38. The minimum Gasteiger partial charge on any atom is -0.485 e. The summed E-state index contributed by atoms with van der Waals surface area (Å²) >= 11 is 1.40. The molecule has 2 heterocycles. The molecule has 0 bridgehead atoms. The average molecular weight is 333 g/mol. The molecule has 0 radical (unpaired) electrons. The standard InChI is InChI=1S/C16H15NO5S/c18-15(19)8-10(14-6-3-7-23-14)17-16(20)13-9-21-11-4-1-2-5-12(11)22-13/h1-7,10,13H,8-9H2,(H,17,20)(H,18,19)/t10-,13+/m0/s1. The summed E-state index contributed by atoms with van der Waals surface area (Å²) < 4.78 is 11.1. The van der Waals surface area contributed by atoms with Crippen molar-refractivity contribution >= 4 is 23.2 Å². The van der Waals surface area contributed by atoms with E-state index < -0.39 is 18.1 Å². The van der Waals surface area contributed by atoms with Gasteiger partial charge < -0.3 is 19.9 Å². The van der Waals surface area contributed by atoms with Crippen molar-refractivity contribution in [2.24, 2.45) is 0 Å². The monoisotopic (exact) mass is 333 g/mol. The highest BCUT2D eigenvalue weighted by atomic mass is 32.1. The van der Waals surface area contributed by atoms with Gasteiger partial charge in [-0.3, -0.25) is 9.59 Å². The zero-order chi connectivity index (χ0) is 16.2. The van der Waals surface area contributed by atoms with E-state index in [1.165, 1.54) is 11.3 Å². The fraction of sp³-hybridized carbons (Fsp3) is 0.250. The number of carbonyl (C=O) groups excluding carboxylic acids is 1. The summed E-state index contributed by atoms with van der Waals surface area (Å²) in [6.07, 6.45) is -0.989. The quantitative estimate of drug-likeness (QED) is 0.876. The molecule has 1 aliphatic rings. The molecule has 1 aromatic heterocycles. The Bertz CT molecular complexity index is 700. The maximum absolute atomic E-state index is 12.4. The van der Waals surface area contributed by atoms with Crippen LogP contribution in [0.4, 0.5) is 0 Å². The molecule has 2 aromatic rings. The minimum atomic E-state index is -0.977. The van der Waals surface area contributed by atoms with Crippen molar-refractivity contribution < 1.29 is 24.2 Å². The molecule has 6 nitrogen and oxygen atoms in total. The molecular weight excluding hydrogens is 318 g/mol. The Balaban J connectivity index is 1.69. The lowest BCUT2D eigenvalue weighted by Crippen LogP contribution is -2.45. The lowest BCUT2D eigenvalue weighted by molar-refractivity contribution is -0.138. The van der Waals surface area contributed by atoms with Crippen molar-refractivity contribution in [2.45, 2.75) is 18.6 Å². The second-order valence-electron chi connectivity index (χ2n) is 5.04. The number of fused-ring (bicyclic) bond motifs is 1. The molecule has 0 saturated carbocycles. The van der Waals surface area contributed by atoms with Gasteiger partial charge in [0.2, 0.25) is 6.10 Å². The summed E-state index contributed by atoms with van der Waals surface area (Å²) in [5.74, 6) is -0.268. The Morgan fingerprint density at radius 2 is 2.04 bits per heavy atom. The van der Waals surface area contributed by atoms with Crippen LogP contribution in [0.25, 0.3) is 0 Å². The molecule has 23 heavy (non-hydrogen) atoms. The molecule has 2 atom stereocenters. The first kappa shape index (κ1) is 15.4. The smallest absolute Gasteiger partial charge is 0.305 e. The molecule has 2 N–H and O–H groups in total. The van der Waals surface area contributed by atoms with Crippen LogP contribution in [0, 0.1) is 0 Å². The van der Waals surface area contributed by atoms with Crippen LogP contribution < -0.4 is 14.8 Å². The number of aliphatic carboxylic acids is 1. The molecule has 1 aliphatic heterocycles. The predicted octanol–water partition coefficient (Wildman–Crippen LogP) is 2.22. The Morgan fingerprint density at radius 1 is 1.26 bits per heavy atom. The highest BCUT2D eigenvalue weighted by molar-refractivity contribution is 7.10. The van der Waals surface area contributed by atoms with Crippen LogP contribution in [0.1, 0.15) is 17.3 Å². The Morgan fingerprint density at radius 3 is 2.74 bits per heavy atom. The van der Waals surface area contributed by atoms with E-state index >= 15 is 0 Å².